The number of nitrogens with zero attached hydrogens (tertiary/aromatic N) is 4. The maximum Gasteiger partial charge on any atom is 0.321 e. The lowest BCUT2D eigenvalue weighted by Gasteiger charge is -2.35. The first kappa shape index (κ1) is 21.4. The minimum atomic E-state index is -0.167. The summed E-state index contributed by atoms with van der Waals surface area (Å²) in [5.41, 5.74) is 2.04. The molecular weight excluding hydrogens is 410 g/mol. The molecule has 2 heterocycles. The van der Waals surface area contributed by atoms with E-state index in [-0.39, 0.29) is 11.8 Å². The third-order valence-corrected chi connectivity index (χ3v) is 5.53. The highest BCUT2D eigenvalue weighted by atomic mass is 16.5. The summed E-state index contributed by atoms with van der Waals surface area (Å²) in [5.74, 6) is 2.02. The van der Waals surface area contributed by atoms with Crippen LogP contribution < -0.4 is 19.7 Å². The third kappa shape index (κ3) is 4.27. The van der Waals surface area contributed by atoms with Gasteiger partial charge in [0, 0.05) is 48.9 Å². The number of anilines is 2. The van der Waals surface area contributed by atoms with Crippen LogP contribution in [0.25, 0.3) is 10.9 Å². The molecule has 3 aromatic rings. The maximum absolute atomic E-state index is 12.7. The van der Waals surface area contributed by atoms with Gasteiger partial charge in [0.05, 0.1) is 19.7 Å². The number of Topliss-reactive ketones (excluding diaryl/α,β-unsaturated/α-hetero) is 1. The number of piperazine rings is 1. The first-order valence-corrected chi connectivity index (χ1v) is 10.3. The van der Waals surface area contributed by atoms with Gasteiger partial charge in [-0.1, -0.05) is 0 Å². The number of aromatic nitrogens is 2. The molecule has 1 aliphatic rings. The van der Waals surface area contributed by atoms with E-state index in [0.717, 1.165) is 16.7 Å². The fourth-order valence-corrected chi connectivity index (χ4v) is 3.73. The van der Waals surface area contributed by atoms with Crippen molar-refractivity contribution in [3.63, 3.8) is 0 Å². The van der Waals surface area contributed by atoms with Gasteiger partial charge in [-0.3, -0.25) is 4.79 Å². The average Bonchev–Trinajstić information content (AvgIpc) is 2.83. The summed E-state index contributed by atoms with van der Waals surface area (Å²) in [5, 5.41) is 3.76. The Hall–Kier alpha value is -3.88. The lowest BCUT2D eigenvalue weighted by molar-refractivity contribution is 0.101. The van der Waals surface area contributed by atoms with Crippen LogP contribution in [0, 0.1) is 0 Å². The molecule has 0 atom stereocenters. The molecule has 0 unspecified atom stereocenters. The van der Waals surface area contributed by atoms with Crippen molar-refractivity contribution in [3.05, 3.63) is 48.3 Å². The van der Waals surface area contributed by atoms with Crippen LogP contribution in [0.4, 0.5) is 16.3 Å². The van der Waals surface area contributed by atoms with Crippen LogP contribution in [-0.4, -0.2) is 67.1 Å². The molecule has 1 aromatic heterocycles. The Labute approximate surface area is 186 Å². The van der Waals surface area contributed by atoms with Crippen molar-refractivity contribution in [1.82, 2.24) is 14.9 Å². The van der Waals surface area contributed by atoms with Gasteiger partial charge >= 0.3 is 6.03 Å². The van der Waals surface area contributed by atoms with Gasteiger partial charge in [0.15, 0.2) is 17.3 Å². The zero-order chi connectivity index (χ0) is 22.7. The molecule has 1 fully saturated rings. The lowest BCUT2D eigenvalue weighted by atomic mass is 10.1. The van der Waals surface area contributed by atoms with Crippen LogP contribution in [-0.2, 0) is 0 Å². The minimum absolute atomic E-state index is 0.00712. The van der Waals surface area contributed by atoms with Crippen molar-refractivity contribution in [3.8, 4) is 11.5 Å². The van der Waals surface area contributed by atoms with E-state index in [1.807, 2.05) is 12.1 Å². The predicted octanol–water partition coefficient (Wildman–Crippen LogP) is 3.20. The first-order chi connectivity index (χ1) is 15.5. The molecule has 0 aliphatic carbocycles. The summed E-state index contributed by atoms with van der Waals surface area (Å²) < 4.78 is 10.8. The van der Waals surface area contributed by atoms with Crippen LogP contribution in [0.1, 0.15) is 17.3 Å². The fourth-order valence-electron chi connectivity index (χ4n) is 3.73. The highest BCUT2D eigenvalue weighted by molar-refractivity contribution is 5.95. The van der Waals surface area contributed by atoms with Gasteiger partial charge in [-0.25, -0.2) is 14.8 Å². The normalized spacial score (nSPS) is 13.7. The Bertz CT molecular complexity index is 1140. The SMILES string of the molecule is COc1cc2ncnc(N3CCN(C(=O)Nc4ccc(C(C)=O)cc4)CC3)c2cc1OC. The fraction of sp³-hybridized carbons (Fsp3) is 0.304. The summed E-state index contributed by atoms with van der Waals surface area (Å²) in [6.45, 7) is 3.89. The second kappa shape index (κ2) is 9.09. The maximum atomic E-state index is 12.7. The Balaban J connectivity index is 1.44. The van der Waals surface area contributed by atoms with E-state index in [0.29, 0.717) is 48.9 Å². The van der Waals surface area contributed by atoms with E-state index in [1.165, 1.54) is 13.3 Å². The van der Waals surface area contributed by atoms with Gasteiger partial charge in [0.2, 0.25) is 0 Å². The van der Waals surface area contributed by atoms with Crippen LogP contribution in [0.2, 0.25) is 0 Å². The van der Waals surface area contributed by atoms with Crippen LogP contribution in [0.15, 0.2) is 42.7 Å². The second-order valence-electron chi connectivity index (χ2n) is 7.46. The Kier molecular flexibility index (Phi) is 6.07. The zero-order valence-corrected chi connectivity index (χ0v) is 18.3. The number of methoxy groups -OCH3 is 2. The van der Waals surface area contributed by atoms with Crippen LogP contribution in [0.5, 0.6) is 11.5 Å². The standard InChI is InChI=1S/C23H25N5O4/c1-15(29)16-4-6-17(7-5-16)26-23(30)28-10-8-27(9-11-28)22-18-12-20(31-2)21(32-3)13-19(18)24-14-25-22/h4-7,12-14H,8-11H2,1-3H3,(H,26,30). The van der Waals surface area contributed by atoms with Crippen molar-refractivity contribution >= 4 is 34.2 Å². The van der Waals surface area contributed by atoms with Crippen molar-refractivity contribution in [2.45, 2.75) is 6.92 Å². The van der Waals surface area contributed by atoms with Crippen LogP contribution in [0.3, 0.4) is 0 Å². The zero-order valence-electron chi connectivity index (χ0n) is 18.3. The summed E-state index contributed by atoms with van der Waals surface area (Å²) in [6, 6.07) is 10.4. The topological polar surface area (TPSA) is 96.9 Å². The highest BCUT2D eigenvalue weighted by Gasteiger charge is 2.24. The molecule has 9 heteroatoms. The Morgan fingerprint density at radius 1 is 0.938 bits per heavy atom. The van der Waals surface area contributed by atoms with E-state index in [9.17, 15) is 9.59 Å². The smallest absolute Gasteiger partial charge is 0.321 e. The number of fused-ring (bicyclic) bond motifs is 1. The largest absolute Gasteiger partial charge is 0.493 e. The van der Waals surface area contributed by atoms with Gasteiger partial charge in [0.1, 0.15) is 12.1 Å². The van der Waals surface area contributed by atoms with Crippen LogP contribution >= 0.6 is 0 Å². The van der Waals surface area contributed by atoms with E-state index >= 15 is 0 Å². The number of hydrogen-bond acceptors (Lipinski definition) is 7. The predicted molar refractivity (Wildman–Crippen MR) is 122 cm³/mol. The van der Waals surface area contributed by atoms with Crippen molar-refractivity contribution < 1.29 is 19.1 Å². The first-order valence-electron chi connectivity index (χ1n) is 10.3. The Morgan fingerprint density at radius 2 is 1.59 bits per heavy atom. The molecular formula is C23H25N5O4. The molecule has 1 N–H and O–H groups in total. The monoisotopic (exact) mass is 435 g/mol. The highest BCUT2D eigenvalue weighted by Crippen LogP contribution is 2.34. The molecule has 0 bridgehead atoms. The molecule has 9 nitrogen and oxygen atoms in total. The number of rotatable bonds is 5. The average molecular weight is 435 g/mol. The summed E-state index contributed by atoms with van der Waals surface area (Å²) in [7, 11) is 3.19. The molecule has 166 valence electrons. The second-order valence-corrected chi connectivity index (χ2v) is 7.46. The van der Waals surface area contributed by atoms with E-state index in [2.05, 4.69) is 20.2 Å². The number of ether oxygens (including phenoxy) is 2. The number of ketones is 1. The quantitative estimate of drug-likeness (QED) is 0.615. The molecule has 2 amide bonds. The molecule has 1 saturated heterocycles. The molecule has 32 heavy (non-hydrogen) atoms. The number of hydrogen-bond donors (Lipinski definition) is 1. The van der Waals surface area contributed by atoms with Gasteiger partial charge in [0.25, 0.3) is 0 Å². The number of nitrogens with one attached hydrogen (secondary N) is 1. The van der Waals surface area contributed by atoms with Gasteiger partial charge in [-0.2, -0.15) is 0 Å². The van der Waals surface area contributed by atoms with E-state index < -0.39 is 0 Å². The van der Waals surface area contributed by atoms with Gasteiger partial charge in [-0.05, 0) is 37.3 Å². The van der Waals surface area contributed by atoms with Gasteiger partial charge in [-0.15, -0.1) is 0 Å². The number of amides is 2. The van der Waals surface area contributed by atoms with E-state index in [1.54, 1.807) is 43.4 Å². The number of benzene rings is 2. The van der Waals surface area contributed by atoms with Gasteiger partial charge < -0.3 is 24.6 Å². The number of carbonyl (C=O) groups excluding carboxylic acids is 2. The molecule has 1 aliphatic heterocycles. The molecule has 0 radical (unpaired) electrons. The van der Waals surface area contributed by atoms with Crippen molar-refractivity contribution in [2.24, 2.45) is 0 Å². The third-order valence-electron chi connectivity index (χ3n) is 5.53. The number of carbonyl (C=O) groups is 2. The van der Waals surface area contributed by atoms with Crippen molar-refractivity contribution in [1.29, 1.82) is 0 Å². The lowest BCUT2D eigenvalue weighted by Crippen LogP contribution is -2.50. The summed E-state index contributed by atoms with van der Waals surface area (Å²) in [4.78, 5) is 36.8. The molecule has 4 rings (SSSR count). The van der Waals surface area contributed by atoms with Crippen molar-refractivity contribution in [2.75, 3.05) is 50.6 Å². The minimum Gasteiger partial charge on any atom is -0.493 e. The summed E-state index contributed by atoms with van der Waals surface area (Å²) in [6.07, 6.45) is 1.54. The number of urea groups is 1. The van der Waals surface area contributed by atoms with E-state index in [4.69, 9.17) is 9.47 Å². The molecule has 0 spiro atoms. The molecule has 2 aromatic carbocycles. The Morgan fingerprint density at radius 3 is 2.22 bits per heavy atom. The molecule has 0 saturated carbocycles. The summed E-state index contributed by atoms with van der Waals surface area (Å²) >= 11 is 0.